The molecule has 4 aliphatic carbocycles. The van der Waals surface area contributed by atoms with Crippen LogP contribution in [0, 0.1) is 22.2 Å². The zero-order chi connectivity index (χ0) is 22.3. The van der Waals surface area contributed by atoms with Crippen molar-refractivity contribution < 1.29 is 43.6 Å². The Balaban J connectivity index is 1.85. The standard InChI is InChI=1S/C16H22F5NO5S2/c1-12-3-10-4-13(2,7-12)9-14(5-10,8-12)6-11(23)15(17,18)28(24,25)22-29(26,27)16(19,20)21/h10,22H,3-9H2,1-2H3. The molecule has 0 aliphatic heterocycles. The second-order valence-electron chi connectivity index (χ2n) is 9.78. The molecule has 2 unspecified atom stereocenters. The molecule has 0 amide bonds. The van der Waals surface area contributed by atoms with Crippen molar-refractivity contribution in [2.45, 2.75) is 69.6 Å². The average Bonchev–Trinajstić information content (AvgIpc) is 2.39. The van der Waals surface area contributed by atoms with Gasteiger partial charge in [0.15, 0.2) is 0 Å². The molecule has 1 N–H and O–H groups in total. The summed E-state index contributed by atoms with van der Waals surface area (Å²) >= 11 is 0. The number of hydrogen-bond acceptors (Lipinski definition) is 5. The Morgan fingerprint density at radius 1 is 0.897 bits per heavy atom. The molecule has 0 heterocycles. The lowest BCUT2D eigenvalue weighted by Crippen LogP contribution is -2.57. The number of alkyl halides is 5. The summed E-state index contributed by atoms with van der Waals surface area (Å²) in [5.41, 5.74) is -7.31. The maximum absolute atomic E-state index is 14.4. The minimum atomic E-state index is -6.62. The third kappa shape index (κ3) is 3.82. The van der Waals surface area contributed by atoms with Crippen LogP contribution in [0.4, 0.5) is 22.0 Å². The fourth-order valence-corrected chi connectivity index (χ4v) is 9.04. The van der Waals surface area contributed by atoms with Gasteiger partial charge >= 0.3 is 20.8 Å². The SMILES string of the molecule is CC12CC3CC(C)(C1)CC(CC(=O)C(F)(F)S(=O)(=O)NS(=O)(=O)C(F)(F)F)(C3)C2. The average molecular weight is 467 g/mol. The number of nitrogens with one attached hydrogen (secondary N) is 1. The van der Waals surface area contributed by atoms with Crippen LogP contribution in [0.25, 0.3) is 0 Å². The van der Waals surface area contributed by atoms with Gasteiger partial charge in [0.2, 0.25) is 5.78 Å². The number of Topliss-reactive ketones (excluding diaryl/α,β-unsaturated/α-hetero) is 1. The Morgan fingerprint density at radius 2 is 1.38 bits per heavy atom. The van der Waals surface area contributed by atoms with E-state index < -0.39 is 48.4 Å². The Bertz CT molecular complexity index is 925. The van der Waals surface area contributed by atoms with Crippen LogP contribution < -0.4 is 4.13 Å². The van der Waals surface area contributed by atoms with E-state index in [9.17, 15) is 43.6 Å². The van der Waals surface area contributed by atoms with E-state index in [2.05, 4.69) is 0 Å². The van der Waals surface area contributed by atoms with Gasteiger partial charge in [0.05, 0.1) is 0 Å². The normalized spacial score (nSPS) is 37.7. The van der Waals surface area contributed by atoms with Gasteiger partial charge in [0, 0.05) is 6.42 Å². The molecular weight excluding hydrogens is 445 g/mol. The highest BCUT2D eigenvalue weighted by atomic mass is 32.3. The van der Waals surface area contributed by atoms with Crippen LogP contribution in [0.15, 0.2) is 0 Å². The van der Waals surface area contributed by atoms with E-state index in [0.717, 1.165) is 19.3 Å². The summed E-state index contributed by atoms with van der Waals surface area (Å²) in [5, 5.41) is -5.31. The number of hydrogen-bond donors (Lipinski definition) is 1. The minimum Gasteiger partial charge on any atom is -0.292 e. The van der Waals surface area contributed by atoms with Crippen LogP contribution in [-0.4, -0.2) is 33.4 Å². The summed E-state index contributed by atoms with van der Waals surface area (Å²) in [6.45, 7) is 4.00. The number of carbonyl (C=O) groups excluding carboxylic acids is 1. The quantitative estimate of drug-likeness (QED) is 0.605. The molecule has 0 saturated heterocycles. The molecule has 0 spiro atoms. The summed E-state index contributed by atoms with van der Waals surface area (Å²) in [6.07, 6.45) is 3.18. The number of sulfonamides is 2. The van der Waals surface area contributed by atoms with Crippen molar-refractivity contribution in [3.63, 3.8) is 0 Å². The lowest BCUT2D eigenvalue weighted by molar-refractivity contribution is -0.161. The summed E-state index contributed by atoms with van der Waals surface area (Å²) in [5.74, 6) is -1.88. The summed E-state index contributed by atoms with van der Waals surface area (Å²) in [7, 11) is -13.1. The number of rotatable bonds is 6. The maximum Gasteiger partial charge on any atom is 0.512 e. The van der Waals surface area contributed by atoms with Gasteiger partial charge in [-0.25, -0.2) is 16.8 Å². The van der Waals surface area contributed by atoms with Crippen molar-refractivity contribution in [2.75, 3.05) is 0 Å². The molecule has 6 nitrogen and oxygen atoms in total. The molecule has 168 valence electrons. The monoisotopic (exact) mass is 467 g/mol. The summed E-state index contributed by atoms with van der Waals surface area (Å²) < 4.78 is 111. The van der Waals surface area contributed by atoms with Crippen molar-refractivity contribution in [1.82, 2.24) is 4.13 Å². The molecule has 29 heavy (non-hydrogen) atoms. The first kappa shape index (κ1) is 22.9. The fourth-order valence-electron chi connectivity index (χ4n) is 6.72. The van der Waals surface area contributed by atoms with E-state index in [1.54, 1.807) is 0 Å². The van der Waals surface area contributed by atoms with Crippen molar-refractivity contribution in [2.24, 2.45) is 22.2 Å². The largest absolute Gasteiger partial charge is 0.512 e. The van der Waals surface area contributed by atoms with Crippen LogP contribution in [0.1, 0.15) is 58.8 Å². The Morgan fingerprint density at radius 3 is 1.79 bits per heavy atom. The van der Waals surface area contributed by atoms with Crippen LogP contribution in [-0.2, 0) is 24.8 Å². The molecule has 4 fully saturated rings. The van der Waals surface area contributed by atoms with E-state index in [1.807, 2.05) is 13.8 Å². The predicted octanol–water partition coefficient (Wildman–Crippen LogP) is 3.30. The smallest absolute Gasteiger partial charge is 0.292 e. The first-order chi connectivity index (χ1) is 12.7. The van der Waals surface area contributed by atoms with Gasteiger partial charge in [-0.05, 0) is 60.7 Å². The molecule has 4 aliphatic rings. The Kier molecular flexibility index (Phi) is 4.82. The van der Waals surface area contributed by atoms with Gasteiger partial charge in [0.1, 0.15) is 0 Å². The van der Waals surface area contributed by atoms with Crippen LogP contribution >= 0.6 is 0 Å². The van der Waals surface area contributed by atoms with Gasteiger partial charge in [-0.3, -0.25) is 4.79 Å². The molecule has 0 aromatic rings. The van der Waals surface area contributed by atoms with Gasteiger partial charge in [-0.2, -0.15) is 22.0 Å². The first-order valence-electron chi connectivity index (χ1n) is 9.00. The highest BCUT2D eigenvalue weighted by Gasteiger charge is 2.64. The topological polar surface area (TPSA) is 97.4 Å². The van der Waals surface area contributed by atoms with E-state index in [1.165, 1.54) is 0 Å². The summed E-state index contributed by atoms with van der Waals surface area (Å²) in [4.78, 5) is 12.3. The van der Waals surface area contributed by atoms with Crippen molar-refractivity contribution in [1.29, 1.82) is 0 Å². The van der Waals surface area contributed by atoms with Gasteiger partial charge in [-0.15, -0.1) is 0 Å². The highest BCUT2D eigenvalue weighted by molar-refractivity contribution is 8.05. The van der Waals surface area contributed by atoms with Gasteiger partial charge in [0.25, 0.3) is 10.0 Å². The molecule has 0 aromatic heterocycles. The molecule has 2 atom stereocenters. The molecule has 0 radical (unpaired) electrons. The zero-order valence-corrected chi connectivity index (χ0v) is 17.4. The Hall–Kier alpha value is -0.820. The number of ketones is 1. The molecule has 4 saturated carbocycles. The molecule has 4 rings (SSSR count). The van der Waals surface area contributed by atoms with E-state index >= 15 is 0 Å². The highest BCUT2D eigenvalue weighted by Crippen LogP contribution is 2.70. The maximum atomic E-state index is 14.4. The van der Waals surface area contributed by atoms with E-state index in [0.29, 0.717) is 19.3 Å². The zero-order valence-electron chi connectivity index (χ0n) is 15.8. The second-order valence-corrected chi connectivity index (χ2v) is 13.4. The van der Waals surface area contributed by atoms with Gasteiger partial charge < -0.3 is 0 Å². The predicted molar refractivity (Wildman–Crippen MR) is 91.4 cm³/mol. The lowest BCUT2D eigenvalue weighted by Gasteiger charge is -2.65. The van der Waals surface area contributed by atoms with E-state index in [-0.39, 0.29) is 20.9 Å². The number of carbonyl (C=O) groups is 1. The first-order valence-corrected chi connectivity index (χ1v) is 12.0. The lowest BCUT2D eigenvalue weighted by atomic mass is 9.39. The van der Waals surface area contributed by atoms with Crippen LogP contribution in [0.5, 0.6) is 0 Å². The third-order valence-corrected chi connectivity index (χ3v) is 9.73. The van der Waals surface area contributed by atoms with Crippen LogP contribution in [0.2, 0.25) is 0 Å². The number of halogens is 5. The molecule has 0 aromatic carbocycles. The summed E-state index contributed by atoms with van der Waals surface area (Å²) in [6, 6.07) is 0. The van der Waals surface area contributed by atoms with Crippen LogP contribution in [0.3, 0.4) is 0 Å². The second kappa shape index (κ2) is 6.12. The molecular formula is C16H22F5NO5S2. The Labute approximate surface area is 165 Å². The van der Waals surface area contributed by atoms with Crippen molar-refractivity contribution in [3.8, 4) is 0 Å². The molecule has 4 bridgehead atoms. The van der Waals surface area contributed by atoms with Crippen molar-refractivity contribution >= 4 is 25.8 Å². The van der Waals surface area contributed by atoms with Gasteiger partial charge in [-0.1, -0.05) is 18.0 Å². The fraction of sp³-hybridized carbons (Fsp3) is 0.938. The van der Waals surface area contributed by atoms with E-state index in [4.69, 9.17) is 0 Å². The minimum absolute atomic E-state index is 0.0346. The third-order valence-electron chi connectivity index (χ3n) is 6.46. The van der Waals surface area contributed by atoms with Crippen molar-refractivity contribution in [3.05, 3.63) is 0 Å². The molecule has 13 heteroatoms.